The van der Waals surface area contributed by atoms with Gasteiger partial charge in [0.2, 0.25) is 0 Å². The molecule has 0 unspecified atom stereocenters. The first kappa shape index (κ1) is 16.3. The van der Waals surface area contributed by atoms with Crippen LogP contribution in [-0.2, 0) is 6.18 Å². The predicted molar refractivity (Wildman–Crippen MR) is 74.9 cm³/mol. The Hall–Kier alpha value is -1.08. The molecule has 0 atom stereocenters. The van der Waals surface area contributed by atoms with Crippen molar-refractivity contribution in [1.29, 1.82) is 0 Å². The van der Waals surface area contributed by atoms with Crippen LogP contribution in [0, 0.1) is 0 Å². The van der Waals surface area contributed by atoms with E-state index in [0.717, 1.165) is 25.0 Å². The number of amides is 1. The summed E-state index contributed by atoms with van der Waals surface area (Å²) in [5, 5.41) is 12.0. The topological polar surface area (TPSA) is 49.3 Å². The van der Waals surface area contributed by atoms with Gasteiger partial charge in [-0.3, -0.25) is 4.79 Å². The number of carbonyl (C=O) groups excluding carboxylic acids is 1. The van der Waals surface area contributed by atoms with Crippen LogP contribution in [0.3, 0.4) is 0 Å². The van der Waals surface area contributed by atoms with Gasteiger partial charge < -0.3 is 10.4 Å². The third-order valence-corrected chi connectivity index (χ3v) is 4.27. The summed E-state index contributed by atoms with van der Waals surface area (Å²) in [6, 6.07) is 3.42. The Labute approximate surface area is 128 Å². The number of hydrogen-bond donors (Lipinski definition) is 2. The van der Waals surface area contributed by atoms with Crippen molar-refractivity contribution >= 4 is 21.8 Å². The second-order valence-corrected chi connectivity index (χ2v) is 6.20. The number of rotatable bonds is 3. The molecule has 116 valence electrons. The average Bonchev–Trinajstić information content (AvgIpc) is 2.86. The molecular formula is C14H15BrF3NO2. The highest BCUT2D eigenvalue weighted by Gasteiger charge is 2.39. The van der Waals surface area contributed by atoms with Crippen molar-refractivity contribution < 1.29 is 23.1 Å². The molecule has 0 saturated heterocycles. The highest BCUT2D eigenvalue weighted by molar-refractivity contribution is 9.10. The maximum atomic E-state index is 13.0. The van der Waals surface area contributed by atoms with E-state index in [1.54, 1.807) is 0 Å². The zero-order valence-corrected chi connectivity index (χ0v) is 12.7. The van der Waals surface area contributed by atoms with Crippen LogP contribution in [0.1, 0.15) is 41.6 Å². The van der Waals surface area contributed by atoms with Gasteiger partial charge in [0.15, 0.2) is 0 Å². The molecule has 1 aliphatic carbocycles. The monoisotopic (exact) mass is 365 g/mol. The Morgan fingerprint density at radius 2 is 1.95 bits per heavy atom. The van der Waals surface area contributed by atoms with E-state index >= 15 is 0 Å². The molecule has 21 heavy (non-hydrogen) atoms. The summed E-state index contributed by atoms with van der Waals surface area (Å²) in [4.78, 5) is 12.2. The van der Waals surface area contributed by atoms with Crippen molar-refractivity contribution in [3.8, 4) is 0 Å². The Kier molecular flexibility index (Phi) is 4.63. The summed E-state index contributed by atoms with van der Waals surface area (Å²) in [5.41, 5.74) is -2.21. The van der Waals surface area contributed by atoms with Gasteiger partial charge in [-0.05, 0) is 31.0 Å². The fourth-order valence-electron chi connectivity index (χ4n) is 2.63. The van der Waals surface area contributed by atoms with Crippen LogP contribution in [0.4, 0.5) is 13.2 Å². The van der Waals surface area contributed by atoms with Gasteiger partial charge in [0.1, 0.15) is 0 Å². The second-order valence-electron chi connectivity index (χ2n) is 5.29. The van der Waals surface area contributed by atoms with Gasteiger partial charge in [-0.25, -0.2) is 0 Å². The normalized spacial score (nSPS) is 17.8. The van der Waals surface area contributed by atoms with E-state index in [0.29, 0.717) is 12.8 Å². The molecule has 1 fully saturated rings. The van der Waals surface area contributed by atoms with Gasteiger partial charge in [-0.2, -0.15) is 13.2 Å². The summed E-state index contributed by atoms with van der Waals surface area (Å²) in [7, 11) is 0. The third-order valence-electron chi connectivity index (χ3n) is 3.77. The minimum atomic E-state index is -4.61. The van der Waals surface area contributed by atoms with Crippen LogP contribution in [0.5, 0.6) is 0 Å². The molecular weight excluding hydrogens is 351 g/mol. The van der Waals surface area contributed by atoms with Crippen LogP contribution >= 0.6 is 15.9 Å². The zero-order valence-electron chi connectivity index (χ0n) is 11.1. The number of aliphatic hydroxyl groups is 1. The van der Waals surface area contributed by atoms with Gasteiger partial charge in [0, 0.05) is 4.47 Å². The summed E-state index contributed by atoms with van der Waals surface area (Å²) in [5.74, 6) is -0.800. The van der Waals surface area contributed by atoms with Gasteiger partial charge in [-0.1, -0.05) is 28.8 Å². The van der Waals surface area contributed by atoms with E-state index in [2.05, 4.69) is 21.2 Å². The fraction of sp³-hybridized carbons (Fsp3) is 0.500. The zero-order chi connectivity index (χ0) is 15.7. The summed E-state index contributed by atoms with van der Waals surface area (Å²) < 4.78 is 39.3. The van der Waals surface area contributed by atoms with E-state index in [9.17, 15) is 23.1 Å². The standard InChI is InChI=1S/C14H15BrF3NO2/c15-9-3-4-10(11(7-9)14(16,17)18)12(21)19-13(8-20)5-1-2-6-13/h3-4,7,20H,1-2,5-6,8H2,(H,19,21). The molecule has 1 saturated carbocycles. The SMILES string of the molecule is O=C(NC1(CO)CCCC1)c1ccc(Br)cc1C(F)(F)F. The first-order chi connectivity index (χ1) is 9.77. The van der Waals surface area contributed by atoms with E-state index < -0.39 is 28.7 Å². The highest BCUT2D eigenvalue weighted by atomic mass is 79.9. The van der Waals surface area contributed by atoms with Gasteiger partial charge in [-0.15, -0.1) is 0 Å². The molecule has 0 aromatic heterocycles. The molecule has 0 spiro atoms. The molecule has 0 heterocycles. The highest BCUT2D eigenvalue weighted by Crippen LogP contribution is 2.35. The molecule has 0 aliphatic heterocycles. The molecule has 1 aromatic rings. The molecule has 2 rings (SSSR count). The molecule has 2 N–H and O–H groups in total. The average molecular weight is 366 g/mol. The molecule has 0 radical (unpaired) electrons. The Balaban J connectivity index is 2.31. The van der Waals surface area contributed by atoms with Crippen molar-refractivity contribution in [2.24, 2.45) is 0 Å². The van der Waals surface area contributed by atoms with E-state index in [-0.39, 0.29) is 11.1 Å². The molecule has 0 bridgehead atoms. The van der Waals surface area contributed by atoms with Crippen molar-refractivity contribution in [1.82, 2.24) is 5.32 Å². The lowest BCUT2D eigenvalue weighted by atomic mass is 9.97. The Morgan fingerprint density at radius 3 is 2.48 bits per heavy atom. The quantitative estimate of drug-likeness (QED) is 0.860. The Morgan fingerprint density at radius 1 is 1.33 bits per heavy atom. The number of hydrogen-bond acceptors (Lipinski definition) is 2. The van der Waals surface area contributed by atoms with E-state index in [4.69, 9.17) is 0 Å². The van der Waals surface area contributed by atoms with Crippen molar-refractivity contribution in [2.45, 2.75) is 37.4 Å². The predicted octanol–water partition coefficient (Wildman–Crippen LogP) is 3.50. The minimum Gasteiger partial charge on any atom is -0.394 e. The molecule has 1 amide bonds. The molecule has 3 nitrogen and oxygen atoms in total. The maximum Gasteiger partial charge on any atom is 0.417 e. The van der Waals surface area contributed by atoms with Crippen LogP contribution < -0.4 is 5.32 Å². The first-order valence-electron chi connectivity index (χ1n) is 6.57. The van der Waals surface area contributed by atoms with Gasteiger partial charge in [0.05, 0.1) is 23.3 Å². The summed E-state index contributed by atoms with van der Waals surface area (Å²) >= 11 is 2.98. The van der Waals surface area contributed by atoms with Crippen molar-refractivity contribution in [2.75, 3.05) is 6.61 Å². The van der Waals surface area contributed by atoms with E-state index in [1.165, 1.54) is 6.07 Å². The van der Waals surface area contributed by atoms with Crippen LogP contribution in [-0.4, -0.2) is 23.2 Å². The summed E-state index contributed by atoms with van der Waals surface area (Å²) in [6.45, 7) is -0.267. The Bertz CT molecular complexity index is 540. The van der Waals surface area contributed by atoms with Crippen LogP contribution in [0.25, 0.3) is 0 Å². The summed E-state index contributed by atoms with van der Waals surface area (Å²) in [6.07, 6.45) is -1.78. The smallest absolute Gasteiger partial charge is 0.394 e. The number of carbonyl (C=O) groups is 1. The third kappa shape index (κ3) is 3.58. The molecule has 1 aliphatic rings. The lowest BCUT2D eigenvalue weighted by Crippen LogP contribution is -2.49. The number of nitrogens with one attached hydrogen (secondary N) is 1. The van der Waals surface area contributed by atoms with Crippen molar-refractivity contribution in [3.05, 3.63) is 33.8 Å². The molecule has 7 heteroatoms. The van der Waals surface area contributed by atoms with Crippen LogP contribution in [0.2, 0.25) is 0 Å². The van der Waals surface area contributed by atoms with Gasteiger partial charge >= 0.3 is 6.18 Å². The lowest BCUT2D eigenvalue weighted by molar-refractivity contribution is -0.138. The lowest BCUT2D eigenvalue weighted by Gasteiger charge is -2.28. The second kappa shape index (κ2) is 5.96. The molecule has 1 aromatic carbocycles. The minimum absolute atomic E-state index is 0.254. The number of aliphatic hydroxyl groups excluding tert-OH is 1. The van der Waals surface area contributed by atoms with Gasteiger partial charge in [0.25, 0.3) is 5.91 Å². The number of benzene rings is 1. The first-order valence-corrected chi connectivity index (χ1v) is 7.37. The maximum absolute atomic E-state index is 13.0. The number of halogens is 4. The van der Waals surface area contributed by atoms with Crippen molar-refractivity contribution in [3.63, 3.8) is 0 Å². The fourth-order valence-corrected chi connectivity index (χ4v) is 2.99. The number of alkyl halides is 3. The largest absolute Gasteiger partial charge is 0.417 e. The van der Waals surface area contributed by atoms with E-state index in [1.807, 2.05) is 0 Å². The van der Waals surface area contributed by atoms with Crippen LogP contribution in [0.15, 0.2) is 22.7 Å².